The summed E-state index contributed by atoms with van der Waals surface area (Å²) in [5.74, 6) is -0.722. The molecule has 1 fully saturated rings. The number of ether oxygens (including phenoxy) is 2. The lowest BCUT2D eigenvalue weighted by atomic mass is 9.98. The third-order valence-corrected chi connectivity index (χ3v) is 9.15. The van der Waals surface area contributed by atoms with Crippen LogP contribution in [0.4, 0.5) is 0 Å². The van der Waals surface area contributed by atoms with E-state index >= 15 is 0 Å². The molecule has 8 N–H and O–H groups in total. The van der Waals surface area contributed by atoms with Crippen LogP contribution >= 0.6 is 0 Å². The van der Waals surface area contributed by atoms with Gasteiger partial charge in [-0.15, -0.1) is 0 Å². The van der Waals surface area contributed by atoms with Crippen LogP contribution in [0.1, 0.15) is 136 Å². The molecule has 11 nitrogen and oxygen atoms in total. The molecule has 9 unspecified atom stereocenters. The van der Waals surface area contributed by atoms with Gasteiger partial charge in [0.15, 0.2) is 6.29 Å². The molecule has 0 aromatic rings. The van der Waals surface area contributed by atoms with Crippen LogP contribution in [0.3, 0.4) is 0 Å². The van der Waals surface area contributed by atoms with E-state index in [9.17, 15) is 40.5 Å². The Balaban J connectivity index is 2.57. The van der Waals surface area contributed by atoms with Crippen LogP contribution in [0.15, 0.2) is 36.5 Å². The molecule has 1 rings (SSSR count). The quantitative estimate of drug-likeness (QED) is 0.0389. The molecule has 9 atom stereocenters. The van der Waals surface area contributed by atoms with Crippen molar-refractivity contribution in [2.45, 2.75) is 191 Å². The fraction of sp³-hybridized carbons (Fsp3) is 0.821. The minimum Gasteiger partial charge on any atom is -0.394 e. The lowest BCUT2D eigenvalue weighted by molar-refractivity contribution is -0.303. The average Bonchev–Trinajstić information content (AvgIpc) is 3.11. The molecule has 11 heteroatoms. The highest BCUT2D eigenvalue weighted by Gasteiger charge is 2.44. The molecule has 0 saturated carbocycles. The number of hydrogen-bond acceptors (Lipinski definition) is 10. The Morgan fingerprint density at radius 1 is 0.700 bits per heavy atom. The number of aliphatic hydroxyl groups excluding tert-OH is 7. The summed E-state index contributed by atoms with van der Waals surface area (Å²) in [5, 5.41) is 75.0. The maximum absolute atomic E-state index is 13.0. The maximum Gasteiger partial charge on any atom is 0.249 e. The van der Waals surface area contributed by atoms with Gasteiger partial charge in [-0.1, -0.05) is 102 Å². The molecule has 0 aliphatic carbocycles. The molecular formula is C39H71NO10. The molecule has 292 valence electrons. The van der Waals surface area contributed by atoms with Crippen molar-refractivity contribution < 1.29 is 50.0 Å². The summed E-state index contributed by atoms with van der Waals surface area (Å²) < 4.78 is 11.0. The van der Waals surface area contributed by atoms with Gasteiger partial charge in [0, 0.05) is 0 Å². The Kier molecular flexibility index (Phi) is 27.7. The summed E-state index contributed by atoms with van der Waals surface area (Å²) in [6, 6.07) is -1.19. The number of unbranched alkanes of at least 4 members (excludes halogenated alkanes) is 12. The van der Waals surface area contributed by atoms with Crippen molar-refractivity contribution in [1.82, 2.24) is 5.32 Å². The number of nitrogens with one attached hydrogen (secondary N) is 1. The largest absolute Gasteiger partial charge is 0.394 e. The van der Waals surface area contributed by atoms with E-state index in [-0.39, 0.29) is 12.8 Å². The van der Waals surface area contributed by atoms with E-state index in [1.54, 1.807) is 0 Å². The zero-order valence-electron chi connectivity index (χ0n) is 30.9. The molecule has 0 radical (unpaired) electrons. The summed E-state index contributed by atoms with van der Waals surface area (Å²) in [4.78, 5) is 13.0. The van der Waals surface area contributed by atoms with Crippen molar-refractivity contribution in [3.8, 4) is 0 Å². The second-order valence-electron chi connectivity index (χ2n) is 13.6. The topological polar surface area (TPSA) is 189 Å². The van der Waals surface area contributed by atoms with E-state index in [0.717, 1.165) is 64.2 Å². The Bertz CT molecular complexity index is 913. The van der Waals surface area contributed by atoms with Crippen molar-refractivity contribution >= 4 is 5.91 Å². The van der Waals surface area contributed by atoms with Gasteiger partial charge in [-0.2, -0.15) is 0 Å². The van der Waals surface area contributed by atoms with Gasteiger partial charge in [0.2, 0.25) is 5.91 Å². The molecule has 50 heavy (non-hydrogen) atoms. The first kappa shape index (κ1) is 46.4. The SMILES string of the molecule is CC/C=C/CC/C=C/CCCC(O)C(O)C(COC1OC(CO)C(O)C(O)C1O)NC(=O)C(O)CCCCCCCC/C=C\CCCCCC. The zero-order chi connectivity index (χ0) is 37.0. The fourth-order valence-corrected chi connectivity index (χ4v) is 5.87. The van der Waals surface area contributed by atoms with Gasteiger partial charge >= 0.3 is 0 Å². The predicted octanol–water partition coefficient (Wildman–Crippen LogP) is 4.49. The lowest BCUT2D eigenvalue weighted by Gasteiger charge is -2.40. The van der Waals surface area contributed by atoms with Crippen LogP contribution in [-0.4, -0.2) is 110 Å². The third kappa shape index (κ3) is 20.4. The maximum atomic E-state index is 13.0. The van der Waals surface area contributed by atoms with Crippen molar-refractivity contribution in [2.75, 3.05) is 13.2 Å². The van der Waals surface area contributed by atoms with Crippen LogP contribution in [0.25, 0.3) is 0 Å². The Morgan fingerprint density at radius 3 is 1.88 bits per heavy atom. The van der Waals surface area contributed by atoms with E-state index in [0.29, 0.717) is 19.3 Å². The smallest absolute Gasteiger partial charge is 0.249 e. The van der Waals surface area contributed by atoms with E-state index in [1.165, 1.54) is 25.7 Å². The minimum absolute atomic E-state index is 0.242. The van der Waals surface area contributed by atoms with Crippen molar-refractivity contribution in [1.29, 1.82) is 0 Å². The molecular weight excluding hydrogens is 642 g/mol. The molecule has 1 heterocycles. The molecule has 0 aromatic carbocycles. The second kappa shape index (κ2) is 29.9. The first-order chi connectivity index (χ1) is 24.2. The number of carbonyl (C=O) groups is 1. The number of rotatable bonds is 30. The number of allylic oxidation sites excluding steroid dienone is 6. The third-order valence-electron chi connectivity index (χ3n) is 9.15. The first-order valence-electron chi connectivity index (χ1n) is 19.4. The monoisotopic (exact) mass is 714 g/mol. The normalized spacial score (nSPS) is 23.9. The highest BCUT2D eigenvalue weighted by Crippen LogP contribution is 2.23. The van der Waals surface area contributed by atoms with E-state index in [2.05, 4.69) is 49.5 Å². The lowest BCUT2D eigenvalue weighted by Crippen LogP contribution is -2.60. The zero-order valence-corrected chi connectivity index (χ0v) is 30.9. The van der Waals surface area contributed by atoms with Gasteiger partial charge in [-0.3, -0.25) is 4.79 Å². The Hall–Kier alpha value is -1.67. The van der Waals surface area contributed by atoms with Crippen LogP contribution in [0.2, 0.25) is 0 Å². The Morgan fingerprint density at radius 2 is 1.26 bits per heavy atom. The van der Waals surface area contributed by atoms with E-state index in [4.69, 9.17) is 9.47 Å². The second-order valence-corrected chi connectivity index (χ2v) is 13.6. The van der Waals surface area contributed by atoms with Gasteiger partial charge in [-0.05, 0) is 70.6 Å². The molecule has 0 bridgehead atoms. The number of aliphatic hydroxyl groups is 7. The first-order valence-corrected chi connectivity index (χ1v) is 19.4. The van der Waals surface area contributed by atoms with Crippen molar-refractivity contribution in [2.24, 2.45) is 0 Å². The van der Waals surface area contributed by atoms with E-state index < -0.39 is 74.2 Å². The summed E-state index contributed by atoms with van der Waals surface area (Å²) in [6.45, 7) is 3.22. The summed E-state index contributed by atoms with van der Waals surface area (Å²) in [5.41, 5.74) is 0. The number of amides is 1. The summed E-state index contributed by atoms with van der Waals surface area (Å²) in [7, 11) is 0. The number of carbonyl (C=O) groups excluding carboxylic acids is 1. The summed E-state index contributed by atoms with van der Waals surface area (Å²) >= 11 is 0. The molecule has 0 spiro atoms. The van der Waals surface area contributed by atoms with Gasteiger partial charge in [0.05, 0.1) is 25.4 Å². The molecule has 0 aromatic heterocycles. The highest BCUT2D eigenvalue weighted by molar-refractivity contribution is 5.80. The van der Waals surface area contributed by atoms with Crippen LogP contribution in [0, 0.1) is 0 Å². The molecule has 1 aliphatic heterocycles. The number of hydrogen-bond donors (Lipinski definition) is 8. The molecule has 1 saturated heterocycles. The standard InChI is InChI=1S/C39H71NO10/c1-3-5-7-9-11-13-14-15-16-17-19-21-23-25-27-32(43)38(48)40-30(29-49-39-37(47)36(46)35(45)33(28-41)50-39)34(44)31(42)26-24-22-20-18-12-10-8-6-4-2/h6,8,13-14,18,20,30-37,39,41-47H,3-5,7,9-12,15-17,19,21-29H2,1-2H3,(H,40,48)/b8-6+,14-13-,20-18+. The van der Waals surface area contributed by atoms with Gasteiger partial charge in [-0.25, -0.2) is 0 Å². The molecule has 1 aliphatic rings. The Labute approximate surface area is 301 Å². The van der Waals surface area contributed by atoms with Gasteiger partial charge < -0.3 is 50.5 Å². The molecule has 1 amide bonds. The highest BCUT2D eigenvalue weighted by atomic mass is 16.7. The van der Waals surface area contributed by atoms with Crippen molar-refractivity contribution in [3.05, 3.63) is 36.5 Å². The van der Waals surface area contributed by atoms with Crippen LogP contribution in [0.5, 0.6) is 0 Å². The van der Waals surface area contributed by atoms with Crippen LogP contribution < -0.4 is 5.32 Å². The van der Waals surface area contributed by atoms with E-state index in [1.807, 2.05) is 6.08 Å². The average molecular weight is 714 g/mol. The van der Waals surface area contributed by atoms with Crippen LogP contribution in [-0.2, 0) is 14.3 Å². The predicted molar refractivity (Wildman–Crippen MR) is 196 cm³/mol. The summed E-state index contributed by atoms with van der Waals surface area (Å²) in [6.07, 6.45) is 19.4. The minimum atomic E-state index is -1.67. The van der Waals surface area contributed by atoms with Gasteiger partial charge in [0.25, 0.3) is 0 Å². The van der Waals surface area contributed by atoms with Crippen molar-refractivity contribution in [3.63, 3.8) is 0 Å². The fourth-order valence-electron chi connectivity index (χ4n) is 5.87. The van der Waals surface area contributed by atoms with Gasteiger partial charge in [0.1, 0.15) is 36.6 Å².